The average molecular weight is 254 g/mol. The second kappa shape index (κ2) is 5.69. The molecule has 1 amide bonds. The lowest BCUT2D eigenvalue weighted by atomic mass is 9.98. The van der Waals surface area contributed by atoms with Gasteiger partial charge in [-0.2, -0.15) is 0 Å². The van der Waals surface area contributed by atoms with Crippen LogP contribution in [0.25, 0.3) is 0 Å². The first kappa shape index (κ1) is 13.3. The molecule has 102 valence electrons. The van der Waals surface area contributed by atoms with Crippen molar-refractivity contribution in [2.45, 2.75) is 57.2 Å². The van der Waals surface area contributed by atoms with E-state index in [-0.39, 0.29) is 18.4 Å². The molecule has 2 rings (SSSR count). The van der Waals surface area contributed by atoms with Gasteiger partial charge in [0.15, 0.2) is 0 Å². The Morgan fingerprint density at radius 1 is 1.28 bits per heavy atom. The zero-order chi connectivity index (χ0) is 13.1. The number of esters is 1. The van der Waals surface area contributed by atoms with E-state index in [0.717, 1.165) is 12.8 Å². The van der Waals surface area contributed by atoms with Crippen molar-refractivity contribution in [1.29, 1.82) is 0 Å². The maximum atomic E-state index is 11.7. The number of piperidine rings is 1. The molecule has 18 heavy (non-hydrogen) atoms. The number of hydrogen-bond acceptors (Lipinski definition) is 4. The molecular formula is C13H22N2O3. The van der Waals surface area contributed by atoms with Crippen LogP contribution in [0, 0.1) is 0 Å². The molecule has 2 fully saturated rings. The normalized spacial score (nSPS) is 31.1. The van der Waals surface area contributed by atoms with E-state index in [9.17, 15) is 9.59 Å². The number of carbonyl (C=O) groups excluding carboxylic acids is 2. The van der Waals surface area contributed by atoms with Crippen molar-refractivity contribution in [3.05, 3.63) is 0 Å². The van der Waals surface area contributed by atoms with Gasteiger partial charge >= 0.3 is 5.97 Å². The second-order valence-electron chi connectivity index (χ2n) is 5.27. The maximum absolute atomic E-state index is 11.7. The second-order valence-corrected chi connectivity index (χ2v) is 5.27. The van der Waals surface area contributed by atoms with Gasteiger partial charge in [0, 0.05) is 18.1 Å². The van der Waals surface area contributed by atoms with Crippen molar-refractivity contribution in [3.8, 4) is 0 Å². The fraction of sp³-hybridized carbons (Fsp3) is 0.846. The van der Waals surface area contributed by atoms with Gasteiger partial charge in [-0.3, -0.25) is 9.59 Å². The number of nitrogens with one attached hydrogen (secondary N) is 1. The SMILES string of the molecule is CCOC(=O)CC(=O)NC1CC2CCC(C1)N2C. The van der Waals surface area contributed by atoms with Gasteiger partial charge in [0.2, 0.25) is 5.91 Å². The van der Waals surface area contributed by atoms with E-state index in [1.165, 1.54) is 12.8 Å². The van der Waals surface area contributed by atoms with Gasteiger partial charge < -0.3 is 15.0 Å². The highest BCUT2D eigenvalue weighted by molar-refractivity contribution is 5.94. The highest BCUT2D eigenvalue weighted by Gasteiger charge is 2.38. The first-order valence-corrected chi connectivity index (χ1v) is 6.77. The first-order chi connectivity index (χ1) is 8.60. The highest BCUT2D eigenvalue weighted by Crippen LogP contribution is 2.34. The minimum absolute atomic E-state index is 0.157. The fourth-order valence-corrected chi connectivity index (χ4v) is 3.15. The lowest BCUT2D eigenvalue weighted by Gasteiger charge is -2.36. The highest BCUT2D eigenvalue weighted by atomic mass is 16.5. The number of nitrogens with zero attached hydrogens (tertiary/aromatic N) is 1. The lowest BCUT2D eigenvalue weighted by Crippen LogP contribution is -2.49. The van der Waals surface area contributed by atoms with Crippen molar-refractivity contribution in [1.82, 2.24) is 10.2 Å². The molecule has 2 saturated heterocycles. The molecule has 0 aromatic rings. The van der Waals surface area contributed by atoms with Gasteiger partial charge in [-0.15, -0.1) is 0 Å². The third-order valence-electron chi connectivity index (χ3n) is 4.07. The number of fused-ring (bicyclic) bond motifs is 2. The fourth-order valence-electron chi connectivity index (χ4n) is 3.15. The molecule has 0 aliphatic carbocycles. The molecule has 2 atom stereocenters. The van der Waals surface area contributed by atoms with E-state index in [4.69, 9.17) is 4.74 Å². The van der Waals surface area contributed by atoms with Crippen molar-refractivity contribution < 1.29 is 14.3 Å². The van der Waals surface area contributed by atoms with Gasteiger partial charge in [0.25, 0.3) is 0 Å². The average Bonchev–Trinajstić information content (AvgIpc) is 2.52. The Hall–Kier alpha value is -1.10. The van der Waals surface area contributed by atoms with Crippen LogP contribution in [0.3, 0.4) is 0 Å². The molecule has 0 radical (unpaired) electrons. The molecule has 2 bridgehead atoms. The summed E-state index contributed by atoms with van der Waals surface area (Å²) < 4.78 is 4.77. The van der Waals surface area contributed by atoms with Crippen LogP contribution in [0.5, 0.6) is 0 Å². The quantitative estimate of drug-likeness (QED) is 0.592. The molecule has 2 aliphatic heterocycles. The van der Waals surface area contributed by atoms with E-state index in [1.54, 1.807) is 6.92 Å². The third-order valence-corrected chi connectivity index (χ3v) is 4.07. The smallest absolute Gasteiger partial charge is 0.315 e. The molecule has 0 spiro atoms. The van der Waals surface area contributed by atoms with Gasteiger partial charge in [0.1, 0.15) is 6.42 Å². The number of rotatable bonds is 4. The van der Waals surface area contributed by atoms with Crippen molar-refractivity contribution in [2.24, 2.45) is 0 Å². The summed E-state index contributed by atoms with van der Waals surface area (Å²) in [6, 6.07) is 1.41. The summed E-state index contributed by atoms with van der Waals surface area (Å²) in [5, 5.41) is 2.96. The summed E-state index contributed by atoms with van der Waals surface area (Å²) >= 11 is 0. The number of carbonyl (C=O) groups is 2. The van der Waals surface area contributed by atoms with Crippen molar-refractivity contribution in [3.63, 3.8) is 0 Å². The summed E-state index contributed by atoms with van der Waals surface area (Å²) in [7, 11) is 2.17. The van der Waals surface area contributed by atoms with E-state index in [1.807, 2.05) is 0 Å². The summed E-state index contributed by atoms with van der Waals surface area (Å²) in [5.41, 5.74) is 0. The van der Waals surface area contributed by atoms with Crippen LogP contribution in [-0.4, -0.2) is 48.6 Å². The van der Waals surface area contributed by atoms with Crippen LogP contribution >= 0.6 is 0 Å². The zero-order valence-electron chi connectivity index (χ0n) is 11.1. The standard InChI is InChI=1S/C13H22N2O3/c1-3-18-13(17)8-12(16)14-9-6-10-4-5-11(7-9)15(10)2/h9-11H,3-8H2,1-2H3,(H,14,16). The van der Waals surface area contributed by atoms with Gasteiger partial charge in [-0.05, 0) is 39.7 Å². The van der Waals surface area contributed by atoms with Gasteiger partial charge in [0.05, 0.1) is 6.61 Å². The van der Waals surface area contributed by atoms with Crippen LogP contribution in [0.2, 0.25) is 0 Å². The monoisotopic (exact) mass is 254 g/mol. The first-order valence-electron chi connectivity index (χ1n) is 6.77. The summed E-state index contributed by atoms with van der Waals surface area (Å²) in [5.74, 6) is -0.645. The van der Waals surface area contributed by atoms with Gasteiger partial charge in [-0.25, -0.2) is 0 Å². The Morgan fingerprint density at radius 3 is 2.44 bits per heavy atom. The van der Waals surface area contributed by atoms with Crippen LogP contribution in [0.15, 0.2) is 0 Å². The Labute approximate surface area is 108 Å². The minimum Gasteiger partial charge on any atom is -0.466 e. The van der Waals surface area contributed by atoms with Gasteiger partial charge in [-0.1, -0.05) is 0 Å². The van der Waals surface area contributed by atoms with E-state index in [2.05, 4.69) is 17.3 Å². The molecule has 2 aliphatic rings. The largest absolute Gasteiger partial charge is 0.466 e. The predicted octanol–water partition coefficient (Wildman–Crippen LogP) is 0.681. The maximum Gasteiger partial charge on any atom is 0.315 e. The number of ether oxygens (including phenoxy) is 1. The van der Waals surface area contributed by atoms with Crippen LogP contribution in [-0.2, 0) is 14.3 Å². The molecule has 5 nitrogen and oxygen atoms in total. The van der Waals surface area contributed by atoms with E-state index < -0.39 is 5.97 Å². The number of amides is 1. The van der Waals surface area contributed by atoms with Crippen LogP contribution in [0.1, 0.15) is 39.0 Å². The molecule has 2 unspecified atom stereocenters. The molecule has 0 aromatic heterocycles. The molecular weight excluding hydrogens is 232 g/mol. The number of hydrogen-bond donors (Lipinski definition) is 1. The summed E-state index contributed by atoms with van der Waals surface area (Å²) in [6.45, 7) is 2.06. The predicted molar refractivity (Wildman–Crippen MR) is 67.0 cm³/mol. The van der Waals surface area contributed by atoms with Crippen LogP contribution < -0.4 is 5.32 Å². The molecule has 2 heterocycles. The molecule has 1 N–H and O–H groups in total. The van der Waals surface area contributed by atoms with Crippen LogP contribution in [0.4, 0.5) is 0 Å². The van der Waals surface area contributed by atoms with Crippen molar-refractivity contribution >= 4 is 11.9 Å². The summed E-state index contributed by atoms with van der Waals surface area (Å²) in [6.07, 6.45) is 4.30. The zero-order valence-corrected chi connectivity index (χ0v) is 11.1. The molecule has 0 saturated carbocycles. The van der Waals surface area contributed by atoms with E-state index in [0.29, 0.717) is 18.7 Å². The minimum atomic E-state index is -0.439. The Bertz CT molecular complexity index is 318. The van der Waals surface area contributed by atoms with E-state index >= 15 is 0 Å². The Balaban J connectivity index is 1.77. The topological polar surface area (TPSA) is 58.6 Å². The third kappa shape index (κ3) is 3.02. The Morgan fingerprint density at radius 2 is 1.89 bits per heavy atom. The molecule has 0 aromatic carbocycles. The summed E-state index contributed by atoms with van der Waals surface area (Å²) in [4.78, 5) is 25.3. The Kier molecular flexibility index (Phi) is 4.22. The lowest BCUT2D eigenvalue weighted by molar-refractivity contribution is -0.146. The van der Waals surface area contributed by atoms with Crippen molar-refractivity contribution in [2.75, 3.05) is 13.7 Å². The molecule has 5 heteroatoms.